The fraction of sp³-hybridized carbons (Fsp3) is 0.464. The van der Waals surface area contributed by atoms with E-state index < -0.39 is 5.41 Å². The molecule has 2 aliphatic heterocycles. The van der Waals surface area contributed by atoms with Crippen LogP contribution in [0.15, 0.2) is 42.5 Å². The standard InChI is InChI=1S/C28H32N2O4/c1-18(31)19-6-8-20(9-7-19)21-10-11-25-24(17-21)28(27(33)29-25)12-14-30(15-13-28)26(32)22-4-3-5-23(16-22)34-2/h6-11,17,22-23H,3-5,12-16H2,1-2H3,(H,29,33). The molecule has 2 fully saturated rings. The molecule has 3 aliphatic rings. The zero-order valence-electron chi connectivity index (χ0n) is 19.9. The lowest BCUT2D eigenvalue weighted by Crippen LogP contribution is -2.50. The molecule has 178 valence electrons. The van der Waals surface area contributed by atoms with Crippen LogP contribution >= 0.6 is 0 Å². The van der Waals surface area contributed by atoms with Crippen molar-refractivity contribution in [1.82, 2.24) is 4.90 Å². The number of nitrogens with one attached hydrogen (secondary N) is 1. The van der Waals surface area contributed by atoms with Crippen molar-refractivity contribution in [2.24, 2.45) is 5.92 Å². The van der Waals surface area contributed by atoms with Gasteiger partial charge in [0, 0.05) is 37.4 Å². The quantitative estimate of drug-likeness (QED) is 0.678. The highest BCUT2D eigenvalue weighted by atomic mass is 16.5. The van der Waals surface area contributed by atoms with Crippen LogP contribution in [0.5, 0.6) is 0 Å². The Kier molecular flexibility index (Phi) is 6.02. The van der Waals surface area contributed by atoms with E-state index in [1.54, 1.807) is 14.0 Å². The molecule has 34 heavy (non-hydrogen) atoms. The second-order valence-electron chi connectivity index (χ2n) is 9.98. The summed E-state index contributed by atoms with van der Waals surface area (Å²) in [5, 5.41) is 3.08. The zero-order valence-corrected chi connectivity index (χ0v) is 19.9. The van der Waals surface area contributed by atoms with Gasteiger partial charge in [-0.25, -0.2) is 0 Å². The van der Waals surface area contributed by atoms with Crippen LogP contribution in [-0.4, -0.2) is 48.8 Å². The number of hydrogen-bond donors (Lipinski definition) is 1. The van der Waals surface area contributed by atoms with Gasteiger partial charge in [0.15, 0.2) is 5.78 Å². The molecular weight excluding hydrogens is 428 g/mol. The SMILES string of the molecule is COC1CCCC(C(=O)N2CCC3(CC2)C(=O)Nc2ccc(-c4ccc(C(C)=O)cc4)cc23)C1. The summed E-state index contributed by atoms with van der Waals surface area (Å²) in [5.74, 6) is 0.328. The first-order valence-electron chi connectivity index (χ1n) is 12.3. The molecule has 2 aromatic carbocycles. The number of amides is 2. The number of likely N-dealkylation sites (tertiary alicyclic amines) is 1. The van der Waals surface area contributed by atoms with Crippen LogP contribution in [0.3, 0.4) is 0 Å². The van der Waals surface area contributed by atoms with E-state index in [1.807, 2.05) is 41.3 Å². The summed E-state index contributed by atoms with van der Waals surface area (Å²) in [6, 6.07) is 13.7. The Balaban J connectivity index is 1.35. The zero-order chi connectivity index (χ0) is 23.9. The van der Waals surface area contributed by atoms with Crippen molar-refractivity contribution in [1.29, 1.82) is 0 Å². The highest BCUT2D eigenvalue weighted by Gasteiger charge is 2.49. The molecule has 0 bridgehead atoms. The minimum absolute atomic E-state index is 0.0296. The number of ether oxygens (including phenoxy) is 1. The number of nitrogens with zero attached hydrogens (tertiary/aromatic N) is 1. The Labute approximate surface area is 200 Å². The molecular formula is C28H32N2O4. The van der Waals surface area contributed by atoms with E-state index in [2.05, 4.69) is 11.4 Å². The molecule has 2 heterocycles. The number of fused-ring (bicyclic) bond motifs is 2. The van der Waals surface area contributed by atoms with Gasteiger partial charge in [-0.1, -0.05) is 36.8 Å². The van der Waals surface area contributed by atoms with Crippen LogP contribution in [0.25, 0.3) is 11.1 Å². The van der Waals surface area contributed by atoms with E-state index >= 15 is 0 Å². The van der Waals surface area contributed by atoms with Gasteiger partial charge in [-0.2, -0.15) is 0 Å². The maximum Gasteiger partial charge on any atom is 0.235 e. The lowest BCUT2D eigenvalue weighted by molar-refractivity contribution is -0.141. The second kappa shape index (κ2) is 8.99. The molecule has 2 atom stereocenters. The van der Waals surface area contributed by atoms with E-state index in [4.69, 9.17) is 4.74 Å². The van der Waals surface area contributed by atoms with Gasteiger partial charge in [0.25, 0.3) is 0 Å². The molecule has 1 saturated carbocycles. The van der Waals surface area contributed by atoms with Crippen LogP contribution in [0.1, 0.15) is 61.4 Å². The molecule has 2 unspecified atom stereocenters. The number of carbonyl (C=O) groups is 3. The molecule has 0 aromatic heterocycles. The molecule has 2 aromatic rings. The van der Waals surface area contributed by atoms with Gasteiger partial charge >= 0.3 is 0 Å². The molecule has 0 radical (unpaired) electrons. The van der Waals surface area contributed by atoms with Crippen molar-refractivity contribution in [2.75, 3.05) is 25.5 Å². The average Bonchev–Trinajstić information content (AvgIpc) is 3.14. The number of methoxy groups -OCH3 is 1. The Hall–Kier alpha value is -2.99. The van der Waals surface area contributed by atoms with Gasteiger partial charge in [-0.05, 0) is 67.9 Å². The summed E-state index contributed by atoms with van der Waals surface area (Å²) in [7, 11) is 1.73. The van der Waals surface area contributed by atoms with E-state index in [-0.39, 0.29) is 29.6 Å². The Morgan fingerprint density at radius 3 is 2.41 bits per heavy atom. The number of ketones is 1. The molecule has 5 rings (SSSR count). The van der Waals surface area contributed by atoms with Gasteiger partial charge in [-0.15, -0.1) is 0 Å². The van der Waals surface area contributed by atoms with Gasteiger partial charge in [0.1, 0.15) is 0 Å². The van der Waals surface area contributed by atoms with Crippen molar-refractivity contribution in [3.63, 3.8) is 0 Å². The van der Waals surface area contributed by atoms with Gasteiger partial charge < -0.3 is 15.0 Å². The maximum absolute atomic E-state index is 13.2. The summed E-state index contributed by atoms with van der Waals surface area (Å²) < 4.78 is 5.51. The Morgan fingerprint density at radius 1 is 1.03 bits per heavy atom. The van der Waals surface area contributed by atoms with Crippen LogP contribution in [-0.2, 0) is 19.7 Å². The predicted molar refractivity (Wildman–Crippen MR) is 131 cm³/mol. The molecule has 1 spiro atoms. The summed E-state index contributed by atoms with van der Waals surface area (Å²) in [6.07, 6.45) is 5.21. The molecule has 1 N–H and O–H groups in total. The fourth-order valence-electron chi connectivity index (χ4n) is 5.94. The second-order valence-corrected chi connectivity index (χ2v) is 9.98. The lowest BCUT2D eigenvalue weighted by Gasteiger charge is -2.40. The smallest absolute Gasteiger partial charge is 0.235 e. The van der Waals surface area contributed by atoms with Gasteiger partial charge in [0.2, 0.25) is 11.8 Å². The van der Waals surface area contributed by atoms with Crippen molar-refractivity contribution >= 4 is 23.3 Å². The number of carbonyl (C=O) groups excluding carboxylic acids is 3. The van der Waals surface area contributed by atoms with E-state index in [1.165, 1.54) is 0 Å². The number of rotatable bonds is 4. The largest absolute Gasteiger partial charge is 0.381 e. The van der Waals surface area contributed by atoms with E-state index in [0.29, 0.717) is 31.5 Å². The van der Waals surface area contributed by atoms with Gasteiger partial charge in [-0.3, -0.25) is 14.4 Å². The van der Waals surface area contributed by atoms with E-state index in [9.17, 15) is 14.4 Å². The number of hydrogen-bond acceptors (Lipinski definition) is 4. The van der Waals surface area contributed by atoms with E-state index in [0.717, 1.165) is 48.1 Å². The van der Waals surface area contributed by atoms with Crippen molar-refractivity contribution < 1.29 is 19.1 Å². The average molecular weight is 461 g/mol. The summed E-state index contributed by atoms with van der Waals surface area (Å²) in [5.41, 5.74) is 4.02. The van der Waals surface area contributed by atoms with Crippen LogP contribution in [0.4, 0.5) is 5.69 Å². The third-order valence-corrected chi connectivity index (χ3v) is 8.08. The topological polar surface area (TPSA) is 75.7 Å². The first-order valence-corrected chi connectivity index (χ1v) is 12.3. The molecule has 6 nitrogen and oxygen atoms in total. The van der Waals surface area contributed by atoms with Gasteiger partial charge in [0.05, 0.1) is 11.5 Å². The molecule has 2 amide bonds. The normalized spacial score (nSPS) is 23.5. The highest BCUT2D eigenvalue weighted by molar-refractivity contribution is 6.07. The lowest BCUT2D eigenvalue weighted by atomic mass is 9.73. The summed E-state index contributed by atoms with van der Waals surface area (Å²) in [4.78, 5) is 39.9. The monoisotopic (exact) mass is 460 g/mol. The molecule has 1 aliphatic carbocycles. The summed E-state index contributed by atoms with van der Waals surface area (Å²) >= 11 is 0. The predicted octanol–water partition coefficient (Wildman–Crippen LogP) is 4.57. The minimum atomic E-state index is -0.594. The number of benzene rings is 2. The minimum Gasteiger partial charge on any atom is -0.381 e. The summed E-state index contributed by atoms with van der Waals surface area (Å²) in [6.45, 7) is 2.75. The van der Waals surface area contributed by atoms with Crippen molar-refractivity contribution in [3.8, 4) is 11.1 Å². The van der Waals surface area contributed by atoms with Crippen molar-refractivity contribution in [3.05, 3.63) is 53.6 Å². The number of Topliss-reactive ketones (excluding diaryl/α,β-unsaturated/α-hetero) is 1. The van der Waals surface area contributed by atoms with Crippen LogP contribution in [0, 0.1) is 5.92 Å². The van der Waals surface area contributed by atoms with Crippen LogP contribution in [0.2, 0.25) is 0 Å². The van der Waals surface area contributed by atoms with Crippen molar-refractivity contribution in [2.45, 2.75) is 57.0 Å². The first kappa shape index (κ1) is 22.8. The van der Waals surface area contributed by atoms with Crippen LogP contribution < -0.4 is 5.32 Å². The molecule has 1 saturated heterocycles. The maximum atomic E-state index is 13.2. The third-order valence-electron chi connectivity index (χ3n) is 8.08. The highest BCUT2D eigenvalue weighted by Crippen LogP contribution is 2.46. The Morgan fingerprint density at radius 2 is 1.74 bits per heavy atom. The third kappa shape index (κ3) is 3.94. The first-order chi connectivity index (χ1) is 16.4. The Bertz CT molecular complexity index is 1120. The fourth-order valence-corrected chi connectivity index (χ4v) is 5.94. The molecule has 6 heteroatoms. The number of anilines is 1. The number of piperidine rings is 1.